The van der Waals surface area contributed by atoms with E-state index >= 15 is 0 Å². The van der Waals surface area contributed by atoms with E-state index in [4.69, 9.17) is 0 Å². The van der Waals surface area contributed by atoms with E-state index in [1.165, 1.54) is 0 Å². The molecule has 72 valence electrons. The summed E-state index contributed by atoms with van der Waals surface area (Å²) in [7, 11) is 0. The van der Waals surface area contributed by atoms with E-state index in [0.717, 1.165) is 0 Å². The average Bonchev–Trinajstić information content (AvgIpc) is 2.04. The molecule has 0 aromatic rings. The van der Waals surface area contributed by atoms with Gasteiger partial charge in [-0.3, -0.25) is 0 Å². The first-order valence-corrected chi connectivity index (χ1v) is 3.64. The zero-order chi connectivity index (χ0) is 9.14. The van der Waals surface area contributed by atoms with Gasteiger partial charge in [-0.2, -0.15) is 0 Å². The maximum absolute atomic E-state index is 12.0. The number of nitrogens with one attached hydrogen (secondary N) is 2. The summed E-state index contributed by atoms with van der Waals surface area (Å²) in [6, 6.07) is -2.00. The summed E-state index contributed by atoms with van der Waals surface area (Å²) in [4.78, 5) is 0. The van der Waals surface area contributed by atoms with Gasteiger partial charge >= 0.3 is 0 Å². The Bertz CT molecular complexity index is 118. The molecule has 0 radical (unpaired) electrons. The second-order valence-corrected chi connectivity index (χ2v) is 2.70. The van der Waals surface area contributed by atoms with E-state index < -0.39 is 24.9 Å². The first-order chi connectivity index (χ1) is 5.61. The van der Waals surface area contributed by atoms with E-state index in [1.807, 2.05) is 0 Å². The van der Waals surface area contributed by atoms with Crippen molar-refractivity contribution in [2.24, 2.45) is 0 Å². The maximum atomic E-state index is 12.0. The molecular formula is C6H10F4N2. The molecule has 0 bridgehead atoms. The van der Waals surface area contributed by atoms with E-state index in [0.29, 0.717) is 0 Å². The first kappa shape index (κ1) is 9.73. The highest BCUT2D eigenvalue weighted by molar-refractivity contribution is 4.85. The van der Waals surface area contributed by atoms with Crippen LogP contribution in [0.4, 0.5) is 17.6 Å². The average molecular weight is 186 g/mol. The number of halogens is 4. The van der Waals surface area contributed by atoms with Crippen molar-refractivity contribution in [2.75, 3.05) is 13.1 Å². The molecule has 1 heterocycles. The van der Waals surface area contributed by atoms with E-state index in [-0.39, 0.29) is 13.1 Å². The standard InChI is InChI=1S/C6H10F4N2/c7-5(8)3-1-11-4(2-12-3)6(9)10/h3-6,11-12H,1-2H2/t3-,4+. The van der Waals surface area contributed by atoms with E-state index in [9.17, 15) is 17.6 Å². The fourth-order valence-corrected chi connectivity index (χ4v) is 1.06. The monoisotopic (exact) mass is 186 g/mol. The minimum absolute atomic E-state index is 0.104. The molecule has 0 unspecified atom stereocenters. The minimum Gasteiger partial charge on any atom is -0.306 e. The minimum atomic E-state index is -2.50. The molecule has 2 nitrogen and oxygen atoms in total. The smallest absolute Gasteiger partial charge is 0.254 e. The molecule has 0 saturated carbocycles. The second-order valence-electron chi connectivity index (χ2n) is 2.70. The molecule has 0 spiro atoms. The molecule has 0 aliphatic carbocycles. The van der Waals surface area contributed by atoms with Crippen LogP contribution in [0.25, 0.3) is 0 Å². The maximum Gasteiger partial charge on any atom is 0.254 e. The van der Waals surface area contributed by atoms with Gasteiger partial charge in [-0.15, -0.1) is 0 Å². The van der Waals surface area contributed by atoms with Crippen LogP contribution in [-0.2, 0) is 0 Å². The van der Waals surface area contributed by atoms with Crippen molar-refractivity contribution in [2.45, 2.75) is 24.9 Å². The molecule has 6 heteroatoms. The van der Waals surface area contributed by atoms with Gasteiger partial charge in [0.15, 0.2) is 0 Å². The van der Waals surface area contributed by atoms with Crippen molar-refractivity contribution in [3.8, 4) is 0 Å². The van der Waals surface area contributed by atoms with Crippen LogP contribution in [0.3, 0.4) is 0 Å². The highest BCUT2D eigenvalue weighted by Gasteiger charge is 2.30. The fraction of sp³-hybridized carbons (Fsp3) is 1.00. The zero-order valence-electron chi connectivity index (χ0n) is 6.24. The Kier molecular flexibility index (Phi) is 3.28. The van der Waals surface area contributed by atoms with Crippen LogP contribution in [0, 0.1) is 0 Å². The van der Waals surface area contributed by atoms with Crippen molar-refractivity contribution >= 4 is 0 Å². The highest BCUT2D eigenvalue weighted by Crippen LogP contribution is 2.08. The number of piperazine rings is 1. The van der Waals surface area contributed by atoms with Crippen LogP contribution in [0.5, 0.6) is 0 Å². The second kappa shape index (κ2) is 4.04. The number of alkyl halides is 4. The molecule has 2 N–H and O–H groups in total. The van der Waals surface area contributed by atoms with Crippen molar-refractivity contribution in [3.63, 3.8) is 0 Å². The van der Waals surface area contributed by atoms with Crippen LogP contribution >= 0.6 is 0 Å². The third kappa shape index (κ3) is 2.31. The molecule has 1 fully saturated rings. The Morgan fingerprint density at radius 3 is 1.33 bits per heavy atom. The molecule has 1 aliphatic heterocycles. The molecule has 1 rings (SSSR count). The summed E-state index contributed by atoms with van der Waals surface area (Å²) in [5, 5.41) is 4.71. The van der Waals surface area contributed by atoms with Crippen LogP contribution in [0.15, 0.2) is 0 Å². The topological polar surface area (TPSA) is 24.1 Å². The number of rotatable bonds is 2. The number of hydrogen-bond acceptors (Lipinski definition) is 2. The van der Waals surface area contributed by atoms with Gasteiger partial charge in [0, 0.05) is 13.1 Å². The molecule has 2 atom stereocenters. The summed E-state index contributed by atoms with van der Waals surface area (Å²) >= 11 is 0. The Morgan fingerprint density at radius 2 is 1.17 bits per heavy atom. The van der Waals surface area contributed by atoms with Crippen molar-refractivity contribution in [1.82, 2.24) is 10.6 Å². The third-order valence-corrected chi connectivity index (χ3v) is 1.81. The summed E-state index contributed by atoms with van der Waals surface area (Å²) in [5.41, 5.74) is 0. The Balaban J connectivity index is 2.30. The first-order valence-electron chi connectivity index (χ1n) is 3.64. The van der Waals surface area contributed by atoms with Crippen LogP contribution in [-0.4, -0.2) is 38.0 Å². The van der Waals surface area contributed by atoms with Gasteiger partial charge in [-0.1, -0.05) is 0 Å². The Labute approximate surface area is 67.3 Å². The van der Waals surface area contributed by atoms with Crippen molar-refractivity contribution < 1.29 is 17.6 Å². The van der Waals surface area contributed by atoms with Gasteiger partial charge in [0.1, 0.15) is 0 Å². The van der Waals surface area contributed by atoms with Crippen LogP contribution < -0.4 is 10.6 Å². The molecule has 0 amide bonds. The summed E-state index contributed by atoms with van der Waals surface area (Å²) in [5.74, 6) is 0. The summed E-state index contributed by atoms with van der Waals surface area (Å²) in [6.45, 7) is -0.209. The normalized spacial score (nSPS) is 31.5. The molecular weight excluding hydrogens is 176 g/mol. The highest BCUT2D eigenvalue weighted by atomic mass is 19.3. The summed E-state index contributed by atoms with van der Waals surface area (Å²) in [6.07, 6.45) is -5.01. The SMILES string of the molecule is FC(F)[C@@H]1CN[C@@H](C(F)F)CN1. The van der Waals surface area contributed by atoms with E-state index in [1.54, 1.807) is 0 Å². The zero-order valence-corrected chi connectivity index (χ0v) is 6.24. The third-order valence-electron chi connectivity index (χ3n) is 1.81. The summed E-state index contributed by atoms with van der Waals surface area (Å²) < 4.78 is 47.8. The van der Waals surface area contributed by atoms with Gasteiger partial charge in [-0.25, -0.2) is 17.6 Å². The van der Waals surface area contributed by atoms with Gasteiger partial charge in [0.2, 0.25) is 0 Å². The molecule has 0 aromatic heterocycles. The lowest BCUT2D eigenvalue weighted by Crippen LogP contribution is -2.59. The molecule has 1 saturated heterocycles. The lowest BCUT2D eigenvalue weighted by Gasteiger charge is -2.30. The number of hydrogen-bond donors (Lipinski definition) is 2. The quantitative estimate of drug-likeness (QED) is 0.612. The van der Waals surface area contributed by atoms with Crippen LogP contribution in [0.2, 0.25) is 0 Å². The lowest BCUT2D eigenvalue weighted by atomic mass is 10.2. The molecule has 12 heavy (non-hydrogen) atoms. The van der Waals surface area contributed by atoms with E-state index in [2.05, 4.69) is 10.6 Å². The molecule has 1 aliphatic rings. The van der Waals surface area contributed by atoms with Crippen molar-refractivity contribution in [3.05, 3.63) is 0 Å². The van der Waals surface area contributed by atoms with Gasteiger partial charge in [0.05, 0.1) is 12.1 Å². The predicted molar refractivity (Wildman–Crippen MR) is 35.6 cm³/mol. The van der Waals surface area contributed by atoms with Crippen molar-refractivity contribution in [1.29, 1.82) is 0 Å². The lowest BCUT2D eigenvalue weighted by molar-refractivity contribution is 0.0471. The Hall–Kier alpha value is -0.360. The largest absolute Gasteiger partial charge is 0.306 e. The van der Waals surface area contributed by atoms with Gasteiger partial charge in [-0.05, 0) is 0 Å². The Morgan fingerprint density at radius 1 is 0.833 bits per heavy atom. The van der Waals surface area contributed by atoms with Gasteiger partial charge in [0.25, 0.3) is 12.9 Å². The predicted octanol–water partition coefficient (Wildman–Crippen LogP) is 0.447. The van der Waals surface area contributed by atoms with Gasteiger partial charge < -0.3 is 10.6 Å². The molecule has 0 aromatic carbocycles. The fourth-order valence-electron chi connectivity index (χ4n) is 1.06. The van der Waals surface area contributed by atoms with Crippen LogP contribution in [0.1, 0.15) is 0 Å².